The summed E-state index contributed by atoms with van der Waals surface area (Å²) in [5, 5.41) is 12.6. The van der Waals surface area contributed by atoms with Crippen molar-refractivity contribution in [3.63, 3.8) is 0 Å². The van der Waals surface area contributed by atoms with E-state index in [-0.39, 0.29) is 24.1 Å². The van der Waals surface area contributed by atoms with E-state index in [4.69, 9.17) is 5.26 Å². The van der Waals surface area contributed by atoms with Crippen LogP contribution in [0.15, 0.2) is 24.5 Å². The van der Waals surface area contributed by atoms with Crippen molar-refractivity contribution >= 4 is 11.7 Å². The Hall–Kier alpha value is -3.01. The molecule has 1 aliphatic heterocycles. The van der Waals surface area contributed by atoms with E-state index in [1.807, 2.05) is 24.3 Å². The number of rotatable bonds is 3. The molecule has 0 atom stereocenters. The highest BCUT2D eigenvalue weighted by Crippen LogP contribution is 2.18. The second-order valence-electron chi connectivity index (χ2n) is 5.80. The molecule has 0 unspecified atom stereocenters. The fourth-order valence-electron chi connectivity index (χ4n) is 2.85. The van der Waals surface area contributed by atoms with Crippen molar-refractivity contribution in [2.45, 2.75) is 26.3 Å². The number of fused-ring (bicyclic) bond motifs is 1. The fourth-order valence-corrected chi connectivity index (χ4v) is 2.85. The van der Waals surface area contributed by atoms with E-state index in [9.17, 15) is 9.59 Å². The van der Waals surface area contributed by atoms with E-state index in [0.29, 0.717) is 18.7 Å². The van der Waals surface area contributed by atoms with Gasteiger partial charge in [-0.15, -0.1) is 5.10 Å². The van der Waals surface area contributed by atoms with E-state index >= 15 is 0 Å². The smallest absolute Gasteiger partial charge is 0.252 e. The lowest BCUT2D eigenvalue weighted by molar-refractivity contribution is -0.131. The van der Waals surface area contributed by atoms with Crippen molar-refractivity contribution in [3.8, 4) is 6.07 Å². The first-order valence-corrected chi connectivity index (χ1v) is 7.77. The van der Waals surface area contributed by atoms with Crippen molar-refractivity contribution in [2.24, 2.45) is 0 Å². The highest BCUT2D eigenvalue weighted by atomic mass is 16.2. The maximum atomic E-state index is 12.4. The Kier molecular flexibility index (Phi) is 4.38. The van der Waals surface area contributed by atoms with Gasteiger partial charge in [0, 0.05) is 18.7 Å². The third-order valence-corrected chi connectivity index (χ3v) is 4.20. The summed E-state index contributed by atoms with van der Waals surface area (Å²) >= 11 is 0. The molecule has 0 saturated carbocycles. The molecule has 1 aliphatic rings. The molecule has 0 saturated heterocycles. The van der Waals surface area contributed by atoms with Crippen molar-refractivity contribution < 1.29 is 9.59 Å². The number of benzene rings is 1. The van der Waals surface area contributed by atoms with Crippen LogP contribution in [0.5, 0.6) is 0 Å². The first kappa shape index (κ1) is 15.9. The summed E-state index contributed by atoms with van der Waals surface area (Å²) < 4.78 is 1.38. The van der Waals surface area contributed by atoms with Crippen LogP contribution in [0.25, 0.3) is 0 Å². The lowest BCUT2D eigenvalue weighted by atomic mass is 9.99. The van der Waals surface area contributed by atoms with Gasteiger partial charge >= 0.3 is 0 Å². The number of amides is 1. The Balaban J connectivity index is 1.68. The van der Waals surface area contributed by atoms with Crippen LogP contribution < -0.4 is 0 Å². The van der Waals surface area contributed by atoms with Gasteiger partial charge in [0.05, 0.1) is 0 Å². The number of carbonyl (C=O) groups excluding carboxylic acids is 2. The Morgan fingerprint density at radius 2 is 2.00 bits per heavy atom. The number of hydrogen-bond donors (Lipinski definition) is 0. The maximum Gasteiger partial charge on any atom is 0.252 e. The highest BCUT2D eigenvalue weighted by Gasteiger charge is 2.19. The van der Waals surface area contributed by atoms with E-state index in [0.717, 1.165) is 18.4 Å². The lowest BCUT2D eigenvalue weighted by Crippen LogP contribution is -2.36. The molecule has 1 aromatic carbocycles. The van der Waals surface area contributed by atoms with Gasteiger partial charge in [0.1, 0.15) is 18.9 Å². The largest absolute Gasteiger partial charge is 0.340 e. The minimum absolute atomic E-state index is 0.0504. The molecule has 7 nitrogen and oxygen atoms in total. The lowest BCUT2D eigenvalue weighted by Gasteiger charge is -2.19. The van der Waals surface area contributed by atoms with Crippen LogP contribution in [-0.4, -0.2) is 44.4 Å². The molecule has 0 aliphatic carbocycles. The zero-order valence-electron chi connectivity index (χ0n) is 13.4. The monoisotopic (exact) mass is 323 g/mol. The predicted molar refractivity (Wildman–Crippen MR) is 85.2 cm³/mol. The minimum atomic E-state index is -0.0519. The van der Waals surface area contributed by atoms with Gasteiger partial charge in [-0.05, 0) is 37.0 Å². The number of nitrogens with zero attached hydrogens (tertiary/aromatic N) is 5. The maximum absolute atomic E-state index is 12.4. The summed E-state index contributed by atoms with van der Waals surface area (Å²) in [4.78, 5) is 29.6. The first-order valence-electron chi connectivity index (χ1n) is 7.77. The zero-order valence-corrected chi connectivity index (χ0v) is 13.4. The fraction of sp³-hybridized carbons (Fsp3) is 0.353. The van der Waals surface area contributed by atoms with Gasteiger partial charge < -0.3 is 4.90 Å². The quantitative estimate of drug-likeness (QED) is 0.785. The Morgan fingerprint density at radius 1 is 1.25 bits per heavy atom. The van der Waals surface area contributed by atoms with E-state index < -0.39 is 0 Å². The second-order valence-corrected chi connectivity index (χ2v) is 5.80. The standard InChI is InChI=1S/C17H17N5O2/c1-12(23)14-3-2-13-4-6-21(7-5-15(13)8-14)17(24)10-22-11-19-16(9-18)20-22/h2-3,8,11H,4-7,10H2,1H3. The average molecular weight is 323 g/mol. The van der Waals surface area contributed by atoms with Crippen LogP contribution in [0, 0.1) is 11.3 Å². The molecule has 0 fully saturated rings. The molecular weight excluding hydrogens is 306 g/mol. The van der Waals surface area contributed by atoms with Gasteiger partial charge in [0.25, 0.3) is 5.82 Å². The molecular formula is C17H17N5O2. The number of Topliss-reactive ketones (excluding diaryl/α,β-unsaturated/α-hetero) is 1. The zero-order chi connectivity index (χ0) is 17.1. The number of nitriles is 1. The van der Waals surface area contributed by atoms with Gasteiger partial charge in [-0.3, -0.25) is 9.59 Å². The van der Waals surface area contributed by atoms with Crippen LogP contribution in [0.4, 0.5) is 0 Å². The summed E-state index contributed by atoms with van der Waals surface area (Å²) in [5.74, 6) is 0.0567. The van der Waals surface area contributed by atoms with Crippen LogP contribution in [0.2, 0.25) is 0 Å². The average Bonchev–Trinajstić information content (AvgIpc) is 2.91. The van der Waals surface area contributed by atoms with Crippen LogP contribution in [0.1, 0.15) is 34.2 Å². The van der Waals surface area contributed by atoms with E-state index in [1.54, 1.807) is 11.8 Å². The van der Waals surface area contributed by atoms with E-state index in [1.165, 1.54) is 16.6 Å². The van der Waals surface area contributed by atoms with Gasteiger partial charge in [0.2, 0.25) is 5.91 Å². The van der Waals surface area contributed by atoms with Gasteiger partial charge in [-0.25, -0.2) is 9.67 Å². The summed E-state index contributed by atoms with van der Waals surface area (Å²) in [6.45, 7) is 2.86. The van der Waals surface area contributed by atoms with Crippen LogP contribution in [0.3, 0.4) is 0 Å². The number of carbonyl (C=O) groups is 2. The summed E-state index contributed by atoms with van der Waals surface area (Å²) in [6.07, 6.45) is 2.88. The normalized spacial score (nSPS) is 13.8. The van der Waals surface area contributed by atoms with Crippen molar-refractivity contribution in [2.75, 3.05) is 13.1 Å². The van der Waals surface area contributed by atoms with Crippen LogP contribution >= 0.6 is 0 Å². The van der Waals surface area contributed by atoms with Crippen molar-refractivity contribution in [1.29, 1.82) is 5.26 Å². The SMILES string of the molecule is CC(=O)c1ccc2c(c1)CCN(C(=O)Cn1cnc(C#N)n1)CC2. The van der Waals surface area contributed by atoms with Gasteiger partial charge in [0.15, 0.2) is 5.78 Å². The summed E-state index contributed by atoms with van der Waals surface area (Å²) in [5.41, 5.74) is 3.02. The highest BCUT2D eigenvalue weighted by molar-refractivity contribution is 5.94. The Labute approximate surface area is 139 Å². The Bertz CT molecular complexity index is 834. The number of aromatic nitrogens is 3. The third-order valence-electron chi connectivity index (χ3n) is 4.20. The molecule has 0 spiro atoms. The molecule has 24 heavy (non-hydrogen) atoms. The molecule has 3 rings (SSSR count). The first-order chi connectivity index (χ1) is 11.6. The predicted octanol–water partition coefficient (Wildman–Crippen LogP) is 0.980. The van der Waals surface area contributed by atoms with Gasteiger partial charge in [-0.1, -0.05) is 12.1 Å². The molecule has 7 heteroatoms. The molecule has 2 heterocycles. The van der Waals surface area contributed by atoms with Crippen LogP contribution in [-0.2, 0) is 24.2 Å². The molecule has 0 radical (unpaired) electrons. The molecule has 1 amide bonds. The Morgan fingerprint density at radius 3 is 2.67 bits per heavy atom. The van der Waals surface area contributed by atoms with E-state index in [2.05, 4.69) is 10.1 Å². The number of ketones is 1. The molecule has 0 bridgehead atoms. The second kappa shape index (κ2) is 6.62. The van der Waals surface area contributed by atoms with Crippen molar-refractivity contribution in [3.05, 3.63) is 47.0 Å². The van der Waals surface area contributed by atoms with Gasteiger partial charge in [-0.2, -0.15) is 5.26 Å². The third kappa shape index (κ3) is 3.33. The van der Waals surface area contributed by atoms with Crippen molar-refractivity contribution in [1.82, 2.24) is 19.7 Å². The number of hydrogen-bond acceptors (Lipinski definition) is 5. The minimum Gasteiger partial charge on any atom is -0.340 e. The molecule has 1 aromatic heterocycles. The molecule has 122 valence electrons. The summed E-state index contributed by atoms with van der Waals surface area (Å²) in [7, 11) is 0. The molecule has 2 aromatic rings. The summed E-state index contributed by atoms with van der Waals surface area (Å²) in [6, 6.07) is 7.60. The molecule has 0 N–H and O–H groups in total. The topological polar surface area (TPSA) is 91.9 Å².